The van der Waals surface area contributed by atoms with Gasteiger partial charge in [0.2, 0.25) is 0 Å². The summed E-state index contributed by atoms with van der Waals surface area (Å²) >= 11 is 3.18. The topological polar surface area (TPSA) is 106 Å². The highest BCUT2D eigenvalue weighted by Gasteiger charge is 2.12. The second kappa shape index (κ2) is 9.94. The van der Waals surface area contributed by atoms with Crippen LogP contribution in [0, 0.1) is 13.8 Å². The highest BCUT2D eigenvalue weighted by Crippen LogP contribution is 2.34. The van der Waals surface area contributed by atoms with Gasteiger partial charge in [0.25, 0.3) is 11.8 Å². The van der Waals surface area contributed by atoms with Gasteiger partial charge in [-0.05, 0) is 44.2 Å². The lowest BCUT2D eigenvalue weighted by atomic mass is 10.2. The van der Waals surface area contributed by atoms with E-state index in [1.54, 1.807) is 53.4 Å². The number of thioether (sulfide) groups is 1. The minimum absolute atomic E-state index is 0.308. The van der Waals surface area contributed by atoms with Crippen LogP contribution in [-0.4, -0.2) is 28.6 Å². The zero-order valence-electron chi connectivity index (χ0n) is 17.4. The third-order valence-corrected chi connectivity index (χ3v) is 6.77. The van der Waals surface area contributed by atoms with E-state index >= 15 is 0 Å². The van der Waals surface area contributed by atoms with Crippen molar-refractivity contribution in [3.63, 3.8) is 0 Å². The van der Waals surface area contributed by atoms with Crippen LogP contribution in [0.2, 0.25) is 0 Å². The molecule has 0 radical (unpaired) electrons. The molecule has 0 saturated heterocycles. The summed E-state index contributed by atoms with van der Waals surface area (Å²) in [5, 5.41) is 6.74. The standard InChI is InChI=1S/C22H20N4O4S2/c1-13-17(14(2)30-25-13)12-31-22-24-18-9-8-16(10-19(18)32-22)23-20(27)11-29-26-21(28)15-6-4-3-5-7-15/h3-10H,11-12H2,1-2H3,(H,23,27)(H,26,28). The number of benzene rings is 2. The van der Waals surface area contributed by atoms with Crippen LogP contribution in [-0.2, 0) is 15.4 Å². The molecule has 0 aliphatic carbocycles. The largest absolute Gasteiger partial charge is 0.361 e. The number of amides is 2. The van der Waals surface area contributed by atoms with Crippen molar-refractivity contribution in [2.24, 2.45) is 0 Å². The van der Waals surface area contributed by atoms with Crippen LogP contribution in [0.15, 0.2) is 57.4 Å². The summed E-state index contributed by atoms with van der Waals surface area (Å²) in [6, 6.07) is 14.1. The summed E-state index contributed by atoms with van der Waals surface area (Å²) in [5.74, 6) is 0.765. The summed E-state index contributed by atoms with van der Waals surface area (Å²) < 4.78 is 7.09. The zero-order chi connectivity index (χ0) is 22.5. The zero-order valence-corrected chi connectivity index (χ0v) is 19.0. The van der Waals surface area contributed by atoms with Gasteiger partial charge in [-0.2, -0.15) is 0 Å². The molecule has 2 aromatic carbocycles. The van der Waals surface area contributed by atoms with E-state index in [9.17, 15) is 9.59 Å². The Morgan fingerprint density at radius 3 is 2.72 bits per heavy atom. The van der Waals surface area contributed by atoms with Gasteiger partial charge in [-0.25, -0.2) is 10.5 Å². The first-order valence-corrected chi connectivity index (χ1v) is 11.5. The van der Waals surface area contributed by atoms with Gasteiger partial charge in [0.05, 0.1) is 15.9 Å². The van der Waals surface area contributed by atoms with Crippen molar-refractivity contribution in [3.8, 4) is 0 Å². The van der Waals surface area contributed by atoms with Gasteiger partial charge in [-0.15, -0.1) is 11.3 Å². The lowest BCUT2D eigenvalue weighted by molar-refractivity contribution is -0.122. The van der Waals surface area contributed by atoms with E-state index in [2.05, 4.69) is 20.9 Å². The maximum absolute atomic E-state index is 12.2. The summed E-state index contributed by atoms with van der Waals surface area (Å²) in [4.78, 5) is 33.7. The molecule has 8 nitrogen and oxygen atoms in total. The van der Waals surface area contributed by atoms with Crippen molar-refractivity contribution < 1.29 is 18.9 Å². The summed E-state index contributed by atoms with van der Waals surface area (Å²) in [7, 11) is 0. The van der Waals surface area contributed by atoms with Gasteiger partial charge >= 0.3 is 0 Å². The molecule has 4 aromatic rings. The molecule has 4 rings (SSSR count). The fourth-order valence-corrected chi connectivity index (χ4v) is 5.16. The van der Waals surface area contributed by atoms with Crippen LogP contribution in [0.1, 0.15) is 27.4 Å². The van der Waals surface area contributed by atoms with E-state index in [1.165, 1.54) is 0 Å². The molecule has 2 N–H and O–H groups in total. The van der Waals surface area contributed by atoms with E-state index in [0.29, 0.717) is 11.3 Å². The molecule has 164 valence electrons. The van der Waals surface area contributed by atoms with Crippen LogP contribution in [0.4, 0.5) is 5.69 Å². The minimum atomic E-state index is -0.411. The van der Waals surface area contributed by atoms with E-state index in [4.69, 9.17) is 9.36 Å². The Labute approximate surface area is 192 Å². The third kappa shape index (κ3) is 5.34. The number of carbonyl (C=O) groups is 2. The molecule has 0 unspecified atom stereocenters. The Bertz CT molecular complexity index is 1230. The molecule has 32 heavy (non-hydrogen) atoms. The third-order valence-electron chi connectivity index (χ3n) is 4.58. The number of thiazole rings is 1. The van der Waals surface area contributed by atoms with Crippen molar-refractivity contribution in [3.05, 3.63) is 71.1 Å². The van der Waals surface area contributed by atoms with E-state index < -0.39 is 5.91 Å². The first-order valence-electron chi connectivity index (χ1n) is 9.72. The second-order valence-electron chi connectivity index (χ2n) is 6.89. The predicted octanol–water partition coefficient (Wildman–Crippen LogP) is 4.49. The Balaban J connectivity index is 1.30. The molecule has 2 amide bonds. The number of carbonyl (C=O) groups excluding carboxylic acids is 2. The number of hydrogen-bond acceptors (Lipinski definition) is 8. The average molecular weight is 469 g/mol. The Hall–Kier alpha value is -3.21. The summed E-state index contributed by atoms with van der Waals surface area (Å²) in [6.07, 6.45) is 0. The first-order chi connectivity index (χ1) is 15.5. The van der Waals surface area contributed by atoms with Gasteiger partial charge in [-0.3, -0.25) is 14.4 Å². The van der Waals surface area contributed by atoms with Crippen LogP contribution >= 0.6 is 23.1 Å². The highest BCUT2D eigenvalue weighted by atomic mass is 32.2. The molecule has 0 atom stereocenters. The van der Waals surface area contributed by atoms with Crippen LogP contribution in [0.3, 0.4) is 0 Å². The molecular formula is C22H20N4O4S2. The Kier molecular flexibility index (Phi) is 6.84. The van der Waals surface area contributed by atoms with Gasteiger partial charge in [0.1, 0.15) is 5.76 Å². The van der Waals surface area contributed by atoms with E-state index in [1.807, 2.05) is 32.0 Å². The predicted molar refractivity (Wildman–Crippen MR) is 124 cm³/mol. The van der Waals surface area contributed by atoms with Crippen molar-refractivity contribution in [2.45, 2.75) is 23.9 Å². The molecule has 0 aliphatic heterocycles. The summed E-state index contributed by atoms with van der Waals surface area (Å²) in [5.41, 5.74) is 6.18. The molecule has 2 heterocycles. The number of hydroxylamine groups is 1. The van der Waals surface area contributed by atoms with E-state index in [0.717, 1.165) is 37.3 Å². The van der Waals surface area contributed by atoms with Crippen molar-refractivity contribution in [1.29, 1.82) is 0 Å². The number of rotatable bonds is 8. The fourth-order valence-electron chi connectivity index (χ4n) is 2.90. The molecular weight excluding hydrogens is 448 g/mol. The molecule has 2 aromatic heterocycles. The molecule has 0 aliphatic rings. The van der Waals surface area contributed by atoms with Crippen LogP contribution < -0.4 is 10.8 Å². The van der Waals surface area contributed by atoms with Crippen molar-refractivity contribution in [1.82, 2.24) is 15.6 Å². The number of fused-ring (bicyclic) bond motifs is 1. The maximum Gasteiger partial charge on any atom is 0.274 e. The van der Waals surface area contributed by atoms with Crippen molar-refractivity contribution in [2.75, 3.05) is 11.9 Å². The smallest absolute Gasteiger partial charge is 0.274 e. The number of anilines is 1. The Morgan fingerprint density at radius 2 is 1.97 bits per heavy atom. The minimum Gasteiger partial charge on any atom is -0.361 e. The van der Waals surface area contributed by atoms with Gasteiger partial charge < -0.3 is 9.84 Å². The number of aryl methyl sites for hydroxylation is 2. The number of aromatic nitrogens is 2. The van der Waals surface area contributed by atoms with Crippen molar-refractivity contribution >= 4 is 50.8 Å². The summed E-state index contributed by atoms with van der Waals surface area (Å²) in [6.45, 7) is 3.52. The highest BCUT2D eigenvalue weighted by molar-refractivity contribution is 8.00. The molecule has 0 spiro atoms. The quantitative estimate of drug-likeness (QED) is 0.290. The fraction of sp³-hybridized carbons (Fsp3) is 0.182. The second-order valence-corrected chi connectivity index (χ2v) is 9.14. The molecule has 0 bridgehead atoms. The maximum atomic E-state index is 12.2. The first kappa shape index (κ1) is 22.0. The Morgan fingerprint density at radius 1 is 1.16 bits per heavy atom. The molecule has 0 saturated carbocycles. The van der Waals surface area contributed by atoms with Crippen LogP contribution in [0.25, 0.3) is 10.2 Å². The van der Waals surface area contributed by atoms with Crippen LogP contribution in [0.5, 0.6) is 0 Å². The molecule has 10 heteroatoms. The average Bonchev–Trinajstić information content (AvgIpc) is 3.34. The van der Waals surface area contributed by atoms with Gasteiger partial charge in [0, 0.05) is 22.6 Å². The van der Waals surface area contributed by atoms with Gasteiger partial charge in [0.15, 0.2) is 10.9 Å². The number of nitrogens with one attached hydrogen (secondary N) is 2. The van der Waals surface area contributed by atoms with E-state index in [-0.39, 0.29) is 12.5 Å². The lowest BCUT2D eigenvalue weighted by Gasteiger charge is -2.07. The molecule has 0 fully saturated rings. The SMILES string of the molecule is Cc1noc(C)c1CSc1nc2ccc(NC(=O)CONC(=O)c3ccccc3)cc2s1. The number of nitrogens with zero attached hydrogens (tertiary/aromatic N) is 2. The number of hydrogen-bond donors (Lipinski definition) is 2. The normalized spacial score (nSPS) is 10.9. The van der Waals surface area contributed by atoms with Gasteiger partial charge in [-0.1, -0.05) is 35.1 Å². The monoisotopic (exact) mass is 468 g/mol. The lowest BCUT2D eigenvalue weighted by Crippen LogP contribution is -2.29.